The van der Waals surface area contributed by atoms with Crippen LogP contribution in [0.5, 0.6) is 0 Å². The van der Waals surface area contributed by atoms with Crippen molar-refractivity contribution < 1.29 is 38.9 Å². The quantitative estimate of drug-likeness (QED) is 0.213. The fourth-order valence-electron chi connectivity index (χ4n) is 1.86. The van der Waals surface area contributed by atoms with E-state index >= 15 is 0 Å². The van der Waals surface area contributed by atoms with Gasteiger partial charge in [0.25, 0.3) is 0 Å². The first-order chi connectivity index (χ1) is 13.1. The molecule has 0 bridgehead atoms. The molecule has 2 amide bonds. The third kappa shape index (κ3) is 11.4. The van der Waals surface area contributed by atoms with Crippen LogP contribution in [0.1, 0.15) is 26.7 Å². The molecule has 0 aliphatic rings. The summed E-state index contributed by atoms with van der Waals surface area (Å²) in [6, 6.07) is -2.25. The monoisotopic (exact) mass is 421 g/mol. The molecular formula is C16H27N3O8S. The van der Waals surface area contributed by atoms with Gasteiger partial charge in [0, 0.05) is 17.9 Å². The topological polar surface area (TPSA) is 185 Å². The maximum atomic E-state index is 12.1. The van der Waals surface area contributed by atoms with Crippen LogP contribution in [0, 0.1) is 5.92 Å². The molecule has 0 saturated carbocycles. The van der Waals surface area contributed by atoms with E-state index < -0.39 is 48.3 Å². The second kappa shape index (κ2) is 13.8. The molecule has 28 heavy (non-hydrogen) atoms. The lowest BCUT2D eigenvalue weighted by atomic mass is 10.1. The summed E-state index contributed by atoms with van der Waals surface area (Å²) >= 11 is 1.21. The number of esters is 1. The van der Waals surface area contributed by atoms with Gasteiger partial charge < -0.3 is 31.3 Å². The minimum absolute atomic E-state index is 0.0892. The first-order valence-electron chi connectivity index (χ1n) is 8.60. The maximum absolute atomic E-state index is 12.1. The van der Waals surface area contributed by atoms with Gasteiger partial charge in [-0.05, 0) is 13.3 Å². The molecule has 0 saturated heterocycles. The van der Waals surface area contributed by atoms with Crippen LogP contribution >= 0.6 is 11.8 Å². The van der Waals surface area contributed by atoms with Gasteiger partial charge in [-0.3, -0.25) is 24.0 Å². The summed E-state index contributed by atoms with van der Waals surface area (Å²) in [6.45, 7) is 2.99. The van der Waals surface area contributed by atoms with Crippen LogP contribution < -0.4 is 16.4 Å². The number of thioether (sulfide) groups is 1. The van der Waals surface area contributed by atoms with Gasteiger partial charge in [-0.25, -0.2) is 0 Å². The smallest absolute Gasteiger partial charge is 0.322 e. The summed E-state index contributed by atoms with van der Waals surface area (Å²) in [7, 11) is 0. The number of rotatable bonds is 14. The molecule has 160 valence electrons. The summed E-state index contributed by atoms with van der Waals surface area (Å²) in [5, 5.41) is 22.0. The number of hydrogen-bond acceptors (Lipinski definition) is 8. The Hall–Kier alpha value is -2.34. The lowest BCUT2D eigenvalue weighted by Crippen LogP contribution is -2.49. The van der Waals surface area contributed by atoms with Gasteiger partial charge in [-0.15, -0.1) is 0 Å². The minimum atomic E-state index is -1.24. The Morgan fingerprint density at radius 3 is 2.32 bits per heavy atom. The highest BCUT2D eigenvalue weighted by Gasteiger charge is 2.23. The molecule has 0 aliphatic heterocycles. The summed E-state index contributed by atoms with van der Waals surface area (Å²) in [5.41, 5.74) is 5.33. The third-order valence-electron chi connectivity index (χ3n) is 3.41. The van der Waals surface area contributed by atoms with E-state index in [0.717, 1.165) is 0 Å². The van der Waals surface area contributed by atoms with Gasteiger partial charge in [0.1, 0.15) is 18.6 Å². The van der Waals surface area contributed by atoms with E-state index in [9.17, 15) is 24.0 Å². The van der Waals surface area contributed by atoms with E-state index in [2.05, 4.69) is 10.6 Å². The molecule has 0 radical (unpaired) electrons. The van der Waals surface area contributed by atoms with E-state index in [1.807, 2.05) is 0 Å². The van der Waals surface area contributed by atoms with Crippen LogP contribution in [0.25, 0.3) is 0 Å². The summed E-state index contributed by atoms with van der Waals surface area (Å²) in [6.07, 6.45) is -0.322. The minimum Gasteiger partial charge on any atom is -0.480 e. The second-order valence-electron chi connectivity index (χ2n) is 5.91. The molecule has 0 spiro atoms. The third-order valence-corrected chi connectivity index (χ3v) is 4.71. The largest absolute Gasteiger partial charge is 0.480 e. The Balaban J connectivity index is 4.71. The van der Waals surface area contributed by atoms with Gasteiger partial charge >= 0.3 is 17.9 Å². The Labute approximate surface area is 166 Å². The van der Waals surface area contributed by atoms with Crippen LogP contribution in [0.3, 0.4) is 0 Å². The van der Waals surface area contributed by atoms with Crippen molar-refractivity contribution in [1.82, 2.24) is 10.6 Å². The van der Waals surface area contributed by atoms with Crippen molar-refractivity contribution in [3.63, 3.8) is 0 Å². The first-order valence-corrected chi connectivity index (χ1v) is 9.75. The highest BCUT2D eigenvalue weighted by Crippen LogP contribution is 2.12. The molecule has 0 rings (SSSR count). The summed E-state index contributed by atoms with van der Waals surface area (Å²) < 4.78 is 4.89. The Kier molecular flexibility index (Phi) is 12.6. The van der Waals surface area contributed by atoms with Crippen molar-refractivity contribution in [3.8, 4) is 0 Å². The Bertz CT molecular complexity index is 572. The van der Waals surface area contributed by atoms with Gasteiger partial charge in [0.05, 0.1) is 12.5 Å². The number of carboxylic acid groups (broad SMARTS) is 2. The number of nitrogens with two attached hydrogens (primary N) is 1. The van der Waals surface area contributed by atoms with Crippen molar-refractivity contribution in [2.75, 3.05) is 24.7 Å². The van der Waals surface area contributed by atoms with E-state index in [1.54, 1.807) is 13.8 Å². The number of hydrogen-bond donors (Lipinski definition) is 5. The lowest BCUT2D eigenvalue weighted by molar-refractivity contribution is -0.146. The molecule has 0 heterocycles. The van der Waals surface area contributed by atoms with E-state index in [1.165, 1.54) is 11.8 Å². The molecule has 3 atom stereocenters. The number of nitrogens with one attached hydrogen (secondary N) is 2. The Morgan fingerprint density at radius 1 is 1.14 bits per heavy atom. The zero-order valence-electron chi connectivity index (χ0n) is 15.8. The van der Waals surface area contributed by atoms with Crippen molar-refractivity contribution in [1.29, 1.82) is 0 Å². The normalized spacial score (nSPS) is 13.7. The van der Waals surface area contributed by atoms with Crippen LogP contribution in [0.2, 0.25) is 0 Å². The molecule has 0 aromatic heterocycles. The molecular weight excluding hydrogens is 394 g/mol. The molecule has 0 fully saturated rings. The second-order valence-corrected chi connectivity index (χ2v) is 6.98. The highest BCUT2D eigenvalue weighted by molar-refractivity contribution is 7.99. The number of carboxylic acids is 2. The number of amides is 2. The van der Waals surface area contributed by atoms with Crippen LogP contribution in [0.4, 0.5) is 0 Å². The van der Waals surface area contributed by atoms with Gasteiger partial charge in [-0.2, -0.15) is 11.8 Å². The number of carbonyl (C=O) groups excluding carboxylic acids is 3. The SMILES string of the molecule is CCOC(=O)C(C)CSC[C@H](NC(=O)CC[C@H](N)C(=O)O)C(=O)NCC(=O)O. The predicted molar refractivity (Wildman–Crippen MR) is 101 cm³/mol. The molecule has 0 aromatic rings. The van der Waals surface area contributed by atoms with Gasteiger partial charge in [-0.1, -0.05) is 6.92 Å². The fourth-order valence-corrected chi connectivity index (χ4v) is 2.96. The molecule has 6 N–H and O–H groups in total. The molecule has 1 unspecified atom stereocenters. The van der Waals surface area contributed by atoms with Crippen LogP contribution in [-0.2, 0) is 28.7 Å². The summed E-state index contributed by atoms with van der Waals surface area (Å²) in [4.78, 5) is 57.0. The van der Waals surface area contributed by atoms with E-state index in [-0.39, 0.29) is 31.2 Å². The predicted octanol–water partition coefficient (Wildman–Crippen LogP) is -1.20. The van der Waals surface area contributed by atoms with Crippen molar-refractivity contribution in [2.24, 2.45) is 11.7 Å². The average molecular weight is 421 g/mol. The molecule has 12 heteroatoms. The van der Waals surface area contributed by atoms with Crippen molar-refractivity contribution in [3.05, 3.63) is 0 Å². The number of ether oxygens (including phenoxy) is 1. The highest BCUT2D eigenvalue weighted by atomic mass is 32.2. The van der Waals surface area contributed by atoms with Crippen molar-refractivity contribution in [2.45, 2.75) is 38.8 Å². The van der Waals surface area contributed by atoms with Crippen LogP contribution in [0.15, 0.2) is 0 Å². The fraction of sp³-hybridized carbons (Fsp3) is 0.688. The van der Waals surface area contributed by atoms with E-state index in [0.29, 0.717) is 5.75 Å². The van der Waals surface area contributed by atoms with Gasteiger partial charge in [0.15, 0.2) is 0 Å². The standard InChI is InChI=1S/C16H27N3O8S/c1-3-27-16(26)9(2)7-28-8-11(14(23)18-6-13(21)22)19-12(20)5-4-10(17)15(24)25/h9-11H,3-8,17H2,1-2H3,(H,18,23)(H,19,20)(H,21,22)(H,24,25)/t9?,10-,11-/m0/s1. The lowest BCUT2D eigenvalue weighted by Gasteiger charge is -2.19. The molecule has 0 aromatic carbocycles. The molecule has 0 aliphatic carbocycles. The zero-order chi connectivity index (χ0) is 21.7. The summed E-state index contributed by atoms with van der Waals surface area (Å²) in [5.74, 6) is -4.15. The number of carbonyl (C=O) groups is 5. The number of aliphatic carboxylic acids is 2. The average Bonchev–Trinajstić information content (AvgIpc) is 2.62. The van der Waals surface area contributed by atoms with Crippen LogP contribution in [-0.4, -0.2) is 76.7 Å². The van der Waals surface area contributed by atoms with Gasteiger partial charge in [0.2, 0.25) is 11.8 Å². The Morgan fingerprint density at radius 2 is 1.79 bits per heavy atom. The van der Waals surface area contributed by atoms with Crippen molar-refractivity contribution >= 4 is 41.5 Å². The first kappa shape index (κ1) is 25.7. The van der Waals surface area contributed by atoms with E-state index in [4.69, 9.17) is 20.7 Å². The maximum Gasteiger partial charge on any atom is 0.322 e. The zero-order valence-corrected chi connectivity index (χ0v) is 16.6. The molecule has 11 nitrogen and oxygen atoms in total.